The number of Topliss-reactive ketones (excluding diaryl/α,β-unsaturated/α-hetero) is 1. The van der Waals surface area contributed by atoms with E-state index in [0.717, 1.165) is 12.8 Å². The van der Waals surface area contributed by atoms with Crippen LogP contribution < -0.4 is 0 Å². The molecule has 1 aliphatic rings. The molecule has 1 saturated carbocycles. The molecule has 0 radical (unpaired) electrons. The molecule has 1 rings (SSSR count). The molecule has 0 N–H and O–H groups in total. The quantitative estimate of drug-likeness (QED) is 0.502. The van der Waals surface area contributed by atoms with E-state index in [1.807, 2.05) is 0 Å². The SMILES string of the molecule is C=C(C)C1CC(=O)C[C@@H]([Si](C)(C)C)C1. The Labute approximate surface area is 88.6 Å². The minimum absolute atomic E-state index is 0.455. The Bertz CT molecular complexity index is 250. The Morgan fingerprint density at radius 1 is 1.36 bits per heavy atom. The number of allylic oxidation sites excluding steroid dienone is 1. The second-order valence-electron chi connectivity index (χ2n) is 5.79. The fourth-order valence-corrected chi connectivity index (χ4v) is 4.01. The predicted molar refractivity (Wildman–Crippen MR) is 64.3 cm³/mol. The van der Waals surface area contributed by atoms with Crippen LogP contribution in [0.5, 0.6) is 0 Å². The van der Waals surface area contributed by atoms with E-state index in [0.29, 0.717) is 17.2 Å². The highest BCUT2D eigenvalue weighted by Gasteiger charge is 2.35. The average molecular weight is 210 g/mol. The van der Waals surface area contributed by atoms with Crippen molar-refractivity contribution >= 4 is 13.9 Å². The molecule has 80 valence electrons. The number of carbonyl (C=O) groups is 1. The predicted octanol–water partition coefficient (Wildman–Crippen LogP) is 3.64. The summed E-state index contributed by atoms with van der Waals surface area (Å²) in [5.41, 5.74) is 1.87. The number of rotatable bonds is 2. The summed E-state index contributed by atoms with van der Waals surface area (Å²) in [5.74, 6) is 0.921. The molecule has 1 aliphatic carbocycles. The van der Waals surface area contributed by atoms with Gasteiger partial charge < -0.3 is 0 Å². The molecular weight excluding hydrogens is 188 g/mol. The summed E-state index contributed by atoms with van der Waals surface area (Å²) in [6, 6.07) is 0. The Balaban J connectivity index is 2.73. The molecule has 0 bridgehead atoms. The van der Waals surface area contributed by atoms with Crippen LogP contribution in [0.1, 0.15) is 26.2 Å². The molecule has 2 atom stereocenters. The molecule has 0 aromatic carbocycles. The van der Waals surface area contributed by atoms with Crippen molar-refractivity contribution in [2.75, 3.05) is 0 Å². The van der Waals surface area contributed by atoms with Gasteiger partial charge in [0, 0.05) is 20.9 Å². The van der Waals surface area contributed by atoms with Crippen molar-refractivity contribution in [2.45, 2.75) is 51.4 Å². The summed E-state index contributed by atoms with van der Waals surface area (Å²) < 4.78 is 0. The lowest BCUT2D eigenvalue weighted by atomic mass is 9.84. The van der Waals surface area contributed by atoms with E-state index in [-0.39, 0.29) is 0 Å². The van der Waals surface area contributed by atoms with Crippen molar-refractivity contribution in [2.24, 2.45) is 5.92 Å². The minimum atomic E-state index is -1.15. The van der Waals surface area contributed by atoms with Gasteiger partial charge in [-0.15, -0.1) is 0 Å². The van der Waals surface area contributed by atoms with E-state index in [1.165, 1.54) is 12.0 Å². The minimum Gasteiger partial charge on any atom is -0.300 e. The number of hydrogen-bond acceptors (Lipinski definition) is 1. The van der Waals surface area contributed by atoms with E-state index in [9.17, 15) is 4.79 Å². The summed E-state index contributed by atoms with van der Waals surface area (Å²) >= 11 is 0. The lowest BCUT2D eigenvalue weighted by molar-refractivity contribution is -0.121. The maximum atomic E-state index is 11.6. The van der Waals surface area contributed by atoms with Gasteiger partial charge in [-0.05, 0) is 24.8 Å². The largest absolute Gasteiger partial charge is 0.300 e. The molecule has 0 aromatic heterocycles. The molecule has 0 heterocycles. The van der Waals surface area contributed by atoms with Gasteiger partial charge in [-0.25, -0.2) is 0 Å². The third-order valence-corrected chi connectivity index (χ3v) is 6.33. The van der Waals surface area contributed by atoms with Gasteiger partial charge in [0.15, 0.2) is 0 Å². The zero-order chi connectivity index (χ0) is 10.9. The molecule has 0 aromatic rings. The lowest BCUT2D eigenvalue weighted by Crippen LogP contribution is -2.35. The van der Waals surface area contributed by atoms with Crippen LogP contribution in [0.15, 0.2) is 12.2 Å². The van der Waals surface area contributed by atoms with Crippen molar-refractivity contribution in [3.63, 3.8) is 0 Å². The monoisotopic (exact) mass is 210 g/mol. The number of ketones is 1. The molecule has 0 spiro atoms. The first-order chi connectivity index (χ1) is 6.30. The number of hydrogen-bond donors (Lipinski definition) is 0. The van der Waals surface area contributed by atoms with Crippen molar-refractivity contribution in [1.82, 2.24) is 0 Å². The summed E-state index contributed by atoms with van der Waals surface area (Å²) in [5, 5.41) is 0. The van der Waals surface area contributed by atoms with E-state index >= 15 is 0 Å². The van der Waals surface area contributed by atoms with Crippen LogP contribution in [0.25, 0.3) is 0 Å². The smallest absolute Gasteiger partial charge is 0.133 e. The molecule has 14 heavy (non-hydrogen) atoms. The van der Waals surface area contributed by atoms with E-state index < -0.39 is 8.07 Å². The van der Waals surface area contributed by atoms with Crippen LogP contribution in [-0.2, 0) is 4.79 Å². The Morgan fingerprint density at radius 3 is 2.36 bits per heavy atom. The molecule has 1 fully saturated rings. The van der Waals surface area contributed by atoms with Gasteiger partial charge in [0.1, 0.15) is 5.78 Å². The van der Waals surface area contributed by atoms with Crippen LogP contribution >= 0.6 is 0 Å². The van der Waals surface area contributed by atoms with Crippen LogP contribution in [0, 0.1) is 5.92 Å². The second-order valence-corrected chi connectivity index (χ2v) is 11.3. The molecule has 0 amide bonds. The highest BCUT2D eigenvalue weighted by atomic mass is 28.3. The lowest BCUT2D eigenvalue weighted by Gasteiger charge is -2.36. The fourth-order valence-electron chi connectivity index (χ4n) is 2.18. The van der Waals surface area contributed by atoms with Crippen LogP contribution in [0.4, 0.5) is 0 Å². The van der Waals surface area contributed by atoms with Crippen LogP contribution in [0.3, 0.4) is 0 Å². The highest BCUT2D eigenvalue weighted by molar-refractivity contribution is 6.77. The van der Waals surface area contributed by atoms with Gasteiger partial charge >= 0.3 is 0 Å². The van der Waals surface area contributed by atoms with Crippen molar-refractivity contribution in [3.05, 3.63) is 12.2 Å². The molecule has 0 aliphatic heterocycles. The second kappa shape index (κ2) is 4.01. The van der Waals surface area contributed by atoms with Gasteiger partial charge in [-0.1, -0.05) is 31.8 Å². The first kappa shape index (κ1) is 11.7. The van der Waals surface area contributed by atoms with Gasteiger partial charge in [-0.2, -0.15) is 0 Å². The molecular formula is C12H22OSi. The zero-order valence-electron chi connectivity index (χ0n) is 9.89. The van der Waals surface area contributed by atoms with Crippen molar-refractivity contribution in [3.8, 4) is 0 Å². The molecule has 1 unspecified atom stereocenters. The fraction of sp³-hybridized carbons (Fsp3) is 0.750. The first-order valence-corrected chi connectivity index (χ1v) is 9.05. The summed E-state index contributed by atoms with van der Waals surface area (Å²) in [4.78, 5) is 11.6. The Kier molecular flexibility index (Phi) is 3.35. The molecule has 1 nitrogen and oxygen atoms in total. The van der Waals surface area contributed by atoms with Crippen LogP contribution in [0.2, 0.25) is 25.2 Å². The zero-order valence-corrected chi connectivity index (χ0v) is 10.9. The van der Waals surface area contributed by atoms with Gasteiger partial charge in [-0.3, -0.25) is 4.79 Å². The molecule has 0 saturated heterocycles. The summed E-state index contributed by atoms with van der Waals surface area (Å²) in [7, 11) is -1.15. The van der Waals surface area contributed by atoms with Gasteiger partial charge in [0.25, 0.3) is 0 Å². The van der Waals surface area contributed by atoms with Gasteiger partial charge in [0.2, 0.25) is 0 Å². The Morgan fingerprint density at radius 2 is 1.93 bits per heavy atom. The van der Waals surface area contributed by atoms with E-state index in [1.54, 1.807) is 0 Å². The highest BCUT2D eigenvalue weighted by Crippen LogP contribution is 2.40. The summed E-state index contributed by atoms with van der Waals surface area (Å²) in [6.07, 6.45) is 2.78. The number of carbonyl (C=O) groups excluding carboxylic acids is 1. The standard InChI is InChI=1S/C12H22OSi/c1-9(2)10-6-11(13)8-12(7-10)14(3,4)5/h10,12H,1,6-8H2,2-5H3/t10?,12-/m0/s1. The van der Waals surface area contributed by atoms with E-state index in [4.69, 9.17) is 0 Å². The van der Waals surface area contributed by atoms with Crippen molar-refractivity contribution < 1.29 is 4.79 Å². The Hall–Kier alpha value is -0.373. The summed E-state index contributed by atoms with van der Waals surface area (Å²) in [6.45, 7) is 13.2. The van der Waals surface area contributed by atoms with Gasteiger partial charge in [0.05, 0.1) is 0 Å². The third-order valence-electron chi connectivity index (χ3n) is 3.44. The maximum absolute atomic E-state index is 11.6. The van der Waals surface area contributed by atoms with Crippen molar-refractivity contribution in [1.29, 1.82) is 0 Å². The first-order valence-electron chi connectivity index (χ1n) is 5.48. The topological polar surface area (TPSA) is 17.1 Å². The average Bonchev–Trinajstić information content (AvgIpc) is 2.01. The normalized spacial score (nSPS) is 29.0. The molecule has 2 heteroatoms. The third kappa shape index (κ3) is 2.81. The maximum Gasteiger partial charge on any atom is 0.133 e. The van der Waals surface area contributed by atoms with Crippen LogP contribution in [-0.4, -0.2) is 13.9 Å². The van der Waals surface area contributed by atoms with E-state index in [2.05, 4.69) is 33.1 Å².